The molecule has 0 spiro atoms. The molecule has 6 heteroatoms. The van der Waals surface area contributed by atoms with E-state index in [0.29, 0.717) is 15.6 Å². The van der Waals surface area contributed by atoms with Crippen LogP contribution in [0.1, 0.15) is 12.0 Å². The second-order valence-electron chi connectivity index (χ2n) is 3.59. The largest absolute Gasteiger partial charge is 0.469 e. The van der Waals surface area contributed by atoms with Crippen molar-refractivity contribution in [3.8, 4) is 0 Å². The quantitative estimate of drug-likeness (QED) is 0.672. The Kier molecular flexibility index (Phi) is 6.39. The fourth-order valence-electron chi connectivity index (χ4n) is 1.26. The zero-order valence-electron chi connectivity index (χ0n) is 10.3. The Labute approximate surface area is 121 Å². The van der Waals surface area contributed by atoms with E-state index in [2.05, 4.69) is 10.1 Å². The average molecular weight is 302 g/mol. The van der Waals surface area contributed by atoms with Gasteiger partial charge in [-0.3, -0.25) is 9.59 Å². The molecule has 0 aromatic heterocycles. The molecule has 0 aliphatic carbocycles. The van der Waals surface area contributed by atoms with Gasteiger partial charge in [0, 0.05) is 12.6 Å². The van der Waals surface area contributed by atoms with Crippen molar-refractivity contribution in [2.45, 2.75) is 6.42 Å². The number of carbonyl (C=O) groups is 2. The first-order chi connectivity index (χ1) is 9.04. The SMILES string of the molecule is COC(=O)CCNC(=O)/C=C/c1cccc(Cl)c1Cl. The first-order valence-corrected chi connectivity index (χ1v) is 6.27. The third kappa shape index (κ3) is 5.32. The molecule has 102 valence electrons. The number of carbonyl (C=O) groups excluding carboxylic acids is 2. The monoisotopic (exact) mass is 301 g/mol. The van der Waals surface area contributed by atoms with E-state index in [1.54, 1.807) is 24.3 Å². The molecule has 0 aliphatic heterocycles. The molecule has 0 atom stereocenters. The summed E-state index contributed by atoms with van der Waals surface area (Å²) in [5.74, 6) is -0.692. The molecule has 1 rings (SSSR count). The summed E-state index contributed by atoms with van der Waals surface area (Å²) in [7, 11) is 1.30. The number of benzene rings is 1. The Morgan fingerprint density at radius 2 is 2.11 bits per heavy atom. The van der Waals surface area contributed by atoms with Gasteiger partial charge in [-0.25, -0.2) is 0 Å². The number of rotatable bonds is 5. The van der Waals surface area contributed by atoms with Crippen molar-refractivity contribution in [1.29, 1.82) is 0 Å². The highest BCUT2D eigenvalue weighted by Crippen LogP contribution is 2.26. The third-order valence-electron chi connectivity index (χ3n) is 2.25. The van der Waals surface area contributed by atoms with Crippen molar-refractivity contribution in [2.24, 2.45) is 0 Å². The molecule has 0 unspecified atom stereocenters. The van der Waals surface area contributed by atoms with Gasteiger partial charge in [0.2, 0.25) is 5.91 Å². The van der Waals surface area contributed by atoms with E-state index in [-0.39, 0.29) is 24.8 Å². The fourth-order valence-corrected chi connectivity index (χ4v) is 1.63. The van der Waals surface area contributed by atoms with Crippen molar-refractivity contribution in [1.82, 2.24) is 5.32 Å². The highest BCUT2D eigenvalue weighted by molar-refractivity contribution is 6.42. The number of methoxy groups -OCH3 is 1. The predicted octanol–water partition coefficient (Wildman–Crippen LogP) is 2.69. The van der Waals surface area contributed by atoms with E-state index in [0.717, 1.165) is 0 Å². The van der Waals surface area contributed by atoms with Crippen molar-refractivity contribution < 1.29 is 14.3 Å². The van der Waals surface area contributed by atoms with Gasteiger partial charge in [0.1, 0.15) is 0 Å². The molecule has 0 fully saturated rings. The van der Waals surface area contributed by atoms with Crippen LogP contribution in [-0.4, -0.2) is 25.5 Å². The summed E-state index contributed by atoms with van der Waals surface area (Å²) in [5, 5.41) is 3.37. The highest BCUT2D eigenvalue weighted by atomic mass is 35.5. The number of hydrogen-bond acceptors (Lipinski definition) is 3. The molecular weight excluding hydrogens is 289 g/mol. The van der Waals surface area contributed by atoms with Crippen LogP contribution in [0.5, 0.6) is 0 Å². The molecule has 0 saturated carbocycles. The highest BCUT2D eigenvalue weighted by Gasteiger charge is 2.03. The zero-order valence-corrected chi connectivity index (χ0v) is 11.8. The number of hydrogen-bond donors (Lipinski definition) is 1. The maximum atomic E-state index is 11.5. The van der Waals surface area contributed by atoms with E-state index in [4.69, 9.17) is 23.2 Å². The standard InChI is InChI=1S/C13H13Cl2NO3/c1-19-12(18)7-8-16-11(17)6-5-9-3-2-4-10(14)13(9)15/h2-6H,7-8H2,1H3,(H,16,17)/b6-5+. The zero-order chi connectivity index (χ0) is 14.3. The van der Waals surface area contributed by atoms with Crippen molar-refractivity contribution in [2.75, 3.05) is 13.7 Å². The van der Waals surface area contributed by atoms with Gasteiger partial charge in [-0.05, 0) is 17.7 Å². The average Bonchev–Trinajstić information content (AvgIpc) is 2.40. The summed E-state index contributed by atoms with van der Waals surface area (Å²) in [6.07, 6.45) is 3.02. The lowest BCUT2D eigenvalue weighted by molar-refractivity contribution is -0.140. The summed E-state index contributed by atoms with van der Waals surface area (Å²) in [6.45, 7) is 0.221. The van der Waals surface area contributed by atoms with Crippen LogP contribution >= 0.6 is 23.2 Å². The van der Waals surface area contributed by atoms with Crippen LogP contribution in [0.25, 0.3) is 6.08 Å². The van der Waals surface area contributed by atoms with E-state index >= 15 is 0 Å². The molecule has 0 heterocycles. The molecule has 1 aromatic rings. The summed E-state index contributed by atoms with van der Waals surface area (Å²) < 4.78 is 4.45. The lowest BCUT2D eigenvalue weighted by Crippen LogP contribution is -2.24. The molecule has 19 heavy (non-hydrogen) atoms. The van der Waals surface area contributed by atoms with Crippen molar-refractivity contribution >= 4 is 41.2 Å². The molecule has 0 aliphatic rings. The molecule has 0 bridgehead atoms. The van der Waals surface area contributed by atoms with Crippen molar-refractivity contribution in [3.63, 3.8) is 0 Å². The van der Waals surface area contributed by atoms with Crippen LogP contribution in [0.15, 0.2) is 24.3 Å². The lowest BCUT2D eigenvalue weighted by Gasteiger charge is -2.02. The third-order valence-corrected chi connectivity index (χ3v) is 3.09. The Hall–Kier alpha value is -1.52. The Morgan fingerprint density at radius 3 is 2.79 bits per heavy atom. The van der Waals surface area contributed by atoms with Crippen LogP contribution in [0.2, 0.25) is 10.0 Å². The number of amides is 1. The Bertz CT molecular complexity index is 501. The van der Waals surface area contributed by atoms with Crippen LogP contribution in [0, 0.1) is 0 Å². The van der Waals surface area contributed by atoms with E-state index < -0.39 is 0 Å². The van der Waals surface area contributed by atoms with E-state index in [1.807, 2.05) is 0 Å². The second kappa shape index (κ2) is 7.81. The minimum atomic E-state index is -0.373. The topological polar surface area (TPSA) is 55.4 Å². The molecule has 1 aromatic carbocycles. The Morgan fingerprint density at radius 1 is 1.37 bits per heavy atom. The maximum absolute atomic E-state index is 11.5. The van der Waals surface area contributed by atoms with Crippen LogP contribution < -0.4 is 5.32 Å². The van der Waals surface area contributed by atoms with E-state index in [1.165, 1.54) is 13.2 Å². The number of esters is 1. The fraction of sp³-hybridized carbons (Fsp3) is 0.231. The number of ether oxygens (including phenoxy) is 1. The minimum Gasteiger partial charge on any atom is -0.469 e. The maximum Gasteiger partial charge on any atom is 0.307 e. The molecular formula is C13H13Cl2NO3. The normalized spacial score (nSPS) is 10.5. The van der Waals surface area contributed by atoms with Gasteiger partial charge in [0.15, 0.2) is 0 Å². The molecule has 0 saturated heterocycles. The van der Waals surface area contributed by atoms with Gasteiger partial charge >= 0.3 is 5.97 Å². The van der Waals surface area contributed by atoms with E-state index in [9.17, 15) is 9.59 Å². The van der Waals surface area contributed by atoms with Gasteiger partial charge in [-0.1, -0.05) is 35.3 Å². The first-order valence-electron chi connectivity index (χ1n) is 5.51. The Balaban J connectivity index is 2.50. The van der Waals surface area contributed by atoms with Gasteiger partial charge < -0.3 is 10.1 Å². The molecule has 0 radical (unpaired) electrons. The number of halogens is 2. The van der Waals surface area contributed by atoms with Crippen LogP contribution in [0.3, 0.4) is 0 Å². The van der Waals surface area contributed by atoms with Gasteiger partial charge in [0.25, 0.3) is 0 Å². The number of nitrogens with one attached hydrogen (secondary N) is 1. The molecule has 4 nitrogen and oxygen atoms in total. The van der Waals surface area contributed by atoms with Crippen LogP contribution in [-0.2, 0) is 14.3 Å². The molecule has 1 amide bonds. The van der Waals surface area contributed by atoms with Crippen molar-refractivity contribution in [3.05, 3.63) is 39.9 Å². The second-order valence-corrected chi connectivity index (χ2v) is 4.38. The summed E-state index contributed by atoms with van der Waals surface area (Å²) >= 11 is 11.8. The minimum absolute atomic E-state index is 0.133. The summed E-state index contributed by atoms with van der Waals surface area (Å²) in [4.78, 5) is 22.3. The van der Waals surface area contributed by atoms with Gasteiger partial charge in [0.05, 0.1) is 23.6 Å². The first kappa shape index (κ1) is 15.5. The van der Waals surface area contributed by atoms with Gasteiger partial charge in [-0.15, -0.1) is 0 Å². The van der Waals surface area contributed by atoms with Gasteiger partial charge in [-0.2, -0.15) is 0 Å². The summed E-state index contributed by atoms with van der Waals surface area (Å²) in [5.41, 5.74) is 0.650. The summed E-state index contributed by atoms with van der Waals surface area (Å²) in [6, 6.07) is 5.15. The lowest BCUT2D eigenvalue weighted by atomic mass is 10.2. The predicted molar refractivity (Wildman–Crippen MR) is 75.1 cm³/mol. The smallest absolute Gasteiger partial charge is 0.307 e. The molecule has 1 N–H and O–H groups in total. The van der Waals surface area contributed by atoms with Crippen LogP contribution in [0.4, 0.5) is 0 Å².